The van der Waals surface area contributed by atoms with Crippen molar-refractivity contribution >= 4 is 22.6 Å². The Morgan fingerprint density at radius 3 is 2.88 bits per heavy atom. The maximum Gasteiger partial charge on any atom is 0.319 e. The number of anilines is 1. The topological polar surface area (TPSA) is 66.2 Å². The van der Waals surface area contributed by atoms with Crippen LogP contribution in [0.2, 0.25) is 0 Å². The summed E-state index contributed by atoms with van der Waals surface area (Å²) in [6, 6.07) is 9.88. The quantitative estimate of drug-likeness (QED) is 0.306. The molecule has 2 aromatic carbocycles. The molecule has 0 unspecified atom stereocenters. The summed E-state index contributed by atoms with van der Waals surface area (Å²) in [6.07, 6.45) is 5.73. The molecule has 0 N–H and O–H groups in total. The van der Waals surface area contributed by atoms with Gasteiger partial charge in [0.25, 0.3) is 0 Å². The third-order valence-electron chi connectivity index (χ3n) is 9.65. The predicted molar refractivity (Wildman–Crippen MR) is 160 cm³/mol. The SMILES string of the molecule is [C-]#[N+]C[C@H]1CN(c2nc(OC[C@@H]3CCCN3C)nc3cc(-c4cccc5c4C[C@@H]4C[C@H]54)c(F)cc23)CCN1C(=O)C=C. The first-order chi connectivity index (χ1) is 20.4. The number of halogens is 1. The van der Waals surface area contributed by atoms with E-state index in [4.69, 9.17) is 21.3 Å². The van der Waals surface area contributed by atoms with Gasteiger partial charge in [0.1, 0.15) is 24.3 Å². The molecule has 1 saturated carbocycles. The number of likely N-dealkylation sites (tertiary alicyclic amines) is 1. The minimum absolute atomic E-state index is 0.163. The van der Waals surface area contributed by atoms with Gasteiger partial charge in [-0.25, -0.2) is 11.0 Å². The molecule has 42 heavy (non-hydrogen) atoms. The fraction of sp³-hybridized carbons (Fsp3) is 0.455. The van der Waals surface area contributed by atoms with Crippen molar-refractivity contribution in [3.8, 4) is 17.1 Å². The second-order valence-corrected chi connectivity index (χ2v) is 12.1. The minimum Gasteiger partial charge on any atom is -0.462 e. The molecule has 2 aliphatic carbocycles. The standard InChI is InChI=1S/C33H35FN6O2/c1-4-31(41)40-12-11-39(18-22(40)17-35-2)32-28-15-29(34)27(24-9-5-8-23-25-13-20(25)14-26(23)24)16-30(28)36-33(37-32)42-19-21-7-6-10-38(21)3/h4-5,8-9,15-16,20-22,25H,1,6-7,10-14,17-19H2,3H3/t20-,21-,22-,25-/m0/s1. The Morgan fingerprint density at radius 2 is 2.10 bits per heavy atom. The van der Waals surface area contributed by atoms with Crippen LogP contribution in [0.5, 0.6) is 6.01 Å². The highest BCUT2D eigenvalue weighted by molar-refractivity contribution is 5.94. The molecule has 0 bridgehead atoms. The summed E-state index contributed by atoms with van der Waals surface area (Å²) in [7, 11) is 2.10. The summed E-state index contributed by atoms with van der Waals surface area (Å²) < 4.78 is 22.2. The number of fused-ring (bicyclic) bond motifs is 4. The molecule has 3 fully saturated rings. The van der Waals surface area contributed by atoms with E-state index in [1.54, 1.807) is 11.0 Å². The Hall–Kier alpha value is -4.03. The number of nitrogens with zero attached hydrogens (tertiary/aromatic N) is 6. The average molecular weight is 567 g/mol. The molecule has 0 radical (unpaired) electrons. The Morgan fingerprint density at radius 1 is 1.21 bits per heavy atom. The summed E-state index contributed by atoms with van der Waals surface area (Å²) >= 11 is 0. The minimum atomic E-state index is -0.328. The zero-order valence-electron chi connectivity index (χ0n) is 23.9. The zero-order valence-corrected chi connectivity index (χ0v) is 23.9. The van der Waals surface area contributed by atoms with E-state index < -0.39 is 0 Å². The van der Waals surface area contributed by atoms with Crippen LogP contribution in [-0.2, 0) is 11.2 Å². The number of ether oxygens (including phenoxy) is 1. The van der Waals surface area contributed by atoms with E-state index in [1.165, 1.54) is 23.6 Å². The van der Waals surface area contributed by atoms with Crippen LogP contribution in [0, 0.1) is 18.3 Å². The molecule has 1 aromatic heterocycles. The third kappa shape index (κ3) is 4.68. The van der Waals surface area contributed by atoms with E-state index in [0.29, 0.717) is 66.4 Å². The lowest BCUT2D eigenvalue weighted by Gasteiger charge is -2.39. The lowest BCUT2D eigenvalue weighted by molar-refractivity contribution is -0.128. The van der Waals surface area contributed by atoms with E-state index in [1.807, 2.05) is 23.1 Å². The van der Waals surface area contributed by atoms with Crippen LogP contribution >= 0.6 is 0 Å². The van der Waals surface area contributed by atoms with Crippen molar-refractivity contribution < 1.29 is 13.9 Å². The Balaban J connectivity index is 1.29. The molecule has 9 heteroatoms. The van der Waals surface area contributed by atoms with Crippen LogP contribution < -0.4 is 9.64 Å². The van der Waals surface area contributed by atoms with Gasteiger partial charge in [-0.3, -0.25) is 4.79 Å². The molecule has 4 aliphatic rings. The fourth-order valence-corrected chi connectivity index (χ4v) is 7.25. The van der Waals surface area contributed by atoms with E-state index >= 15 is 4.39 Å². The number of piperazine rings is 1. The van der Waals surface area contributed by atoms with Crippen molar-refractivity contribution in [2.45, 2.75) is 43.7 Å². The summed E-state index contributed by atoms with van der Waals surface area (Å²) in [5.41, 5.74) is 4.75. The molecule has 3 heterocycles. The molecular formula is C33H35FN6O2. The van der Waals surface area contributed by atoms with Crippen LogP contribution in [0.25, 0.3) is 26.9 Å². The fourth-order valence-electron chi connectivity index (χ4n) is 7.25. The average Bonchev–Trinajstić information content (AvgIpc) is 3.49. The molecular weight excluding hydrogens is 531 g/mol. The lowest BCUT2D eigenvalue weighted by atomic mass is 9.93. The van der Waals surface area contributed by atoms with Gasteiger partial charge in [-0.05, 0) is 86.0 Å². The molecule has 7 rings (SSSR count). The number of likely N-dealkylation sites (N-methyl/N-ethyl adjacent to an activating group) is 1. The van der Waals surface area contributed by atoms with Crippen molar-refractivity contribution in [1.29, 1.82) is 0 Å². The number of amides is 1. The highest BCUT2D eigenvalue weighted by atomic mass is 19.1. The Bertz CT molecular complexity index is 1620. The Labute approximate surface area is 245 Å². The second-order valence-electron chi connectivity index (χ2n) is 12.1. The predicted octanol–water partition coefficient (Wildman–Crippen LogP) is 4.69. The lowest BCUT2D eigenvalue weighted by Crippen LogP contribution is -2.56. The van der Waals surface area contributed by atoms with Crippen LogP contribution in [-0.4, -0.2) is 84.1 Å². The Kier molecular flexibility index (Phi) is 6.82. The number of hydrogen-bond acceptors (Lipinski definition) is 6. The number of carbonyl (C=O) groups is 1. The van der Waals surface area contributed by atoms with E-state index in [2.05, 4.69) is 29.4 Å². The van der Waals surface area contributed by atoms with Crippen LogP contribution in [0.1, 0.15) is 36.3 Å². The number of hydrogen-bond donors (Lipinski definition) is 0. The van der Waals surface area contributed by atoms with Gasteiger partial charge in [0.05, 0.1) is 5.52 Å². The van der Waals surface area contributed by atoms with Crippen LogP contribution in [0.4, 0.5) is 10.2 Å². The van der Waals surface area contributed by atoms with Gasteiger partial charge in [-0.1, -0.05) is 24.8 Å². The molecule has 4 atom stereocenters. The van der Waals surface area contributed by atoms with Gasteiger partial charge in [0, 0.05) is 36.6 Å². The first-order valence-electron chi connectivity index (χ1n) is 14.9. The summed E-state index contributed by atoms with van der Waals surface area (Å²) in [6.45, 7) is 14.1. The van der Waals surface area contributed by atoms with Crippen molar-refractivity contribution in [2.24, 2.45) is 5.92 Å². The second kappa shape index (κ2) is 10.7. The van der Waals surface area contributed by atoms with Gasteiger partial charge in [0.2, 0.25) is 12.5 Å². The molecule has 2 aliphatic heterocycles. The van der Waals surface area contributed by atoms with Gasteiger partial charge >= 0.3 is 6.01 Å². The van der Waals surface area contributed by atoms with Crippen LogP contribution in [0.3, 0.4) is 0 Å². The van der Waals surface area contributed by atoms with Crippen molar-refractivity contribution in [3.63, 3.8) is 0 Å². The summed E-state index contributed by atoms with van der Waals surface area (Å²) in [4.78, 5) is 31.7. The maximum absolute atomic E-state index is 16.0. The zero-order chi connectivity index (χ0) is 29.0. The largest absolute Gasteiger partial charge is 0.462 e. The highest BCUT2D eigenvalue weighted by Crippen LogP contribution is 2.58. The number of rotatable bonds is 7. The smallest absolute Gasteiger partial charge is 0.319 e. The number of aromatic nitrogens is 2. The number of carbonyl (C=O) groups excluding carboxylic acids is 1. The van der Waals surface area contributed by atoms with Gasteiger partial charge in [-0.15, -0.1) is 0 Å². The monoisotopic (exact) mass is 566 g/mol. The molecule has 8 nitrogen and oxygen atoms in total. The van der Waals surface area contributed by atoms with Crippen molar-refractivity contribution in [1.82, 2.24) is 19.8 Å². The molecule has 2 saturated heterocycles. The first kappa shape index (κ1) is 26.8. The van der Waals surface area contributed by atoms with E-state index in [-0.39, 0.29) is 30.3 Å². The molecule has 216 valence electrons. The van der Waals surface area contributed by atoms with Crippen LogP contribution in [0.15, 0.2) is 43.0 Å². The third-order valence-corrected chi connectivity index (χ3v) is 9.65. The maximum atomic E-state index is 16.0. The normalized spacial score (nSPS) is 24.8. The molecule has 0 spiro atoms. The van der Waals surface area contributed by atoms with Crippen molar-refractivity contribution in [3.05, 3.63) is 71.3 Å². The summed E-state index contributed by atoms with van der Waals surface area (Å²) in [5.74, 6) is 1.40. The molecule has 1 amide bonds. The van der Waals surface area contributed by atoms with Gasteiger partial charge < -0.3 is 24.3 Å². The number of benzene rings is 2. The summed E-state index contributed by atoms with van der Waals surface area (Å²) in [5, 5.41) is 0.599. The molecule has 3 aromatic rings. The van der Waals surface area contributed by atoms with E-state index in [9.17, 15) is 4.79 Å². The van der Waals surface area contributed by atoms with Gasteiger partial charge in [-0.2, -0.15) is 9.97 Å². The van der Waals surface area contributed by atoms with E-state index in [0.717, 1.165) is 31.4 Å². The highest BCUT2D eigenvalue weighted by Gasteiger charge is 2.45. The first-order valence-corrected chi connectivity index (χ1v) is 14.9. The van der Waals surface area contributed by atoms with Crippen molar-refractivity contribution in [2.75, 3.05) is 51.3 Å². The van der Waals surface area contributed by atoms with Gasteiger partial charge in [0.15, 0.2) is 0 Å².